The van der Waals surface area contributed by atoms with Crippen molar-refractivity contribution in [2.24, 2.45) is 0 Å². The Bertz CT molecular complexity index is 254. The fourth-order valence-corrected chi connectivity index (χ4v) is 1.42. The van der Waals surface area contributed by atoms with Gasteiger partial charge in [0.05, 0.1) is 6.10 Å². The van der Waals surface area contributed by atoms with Gasteiger partial charge in [-0.1, -0.05) is 0 Å². The molecular formula is C9H15N3O. The van der Waals surface area contributed by atoms with Gasteiger partial charge in [0, 0.05) is 25.9 Å². The van der Waals surface area contributed by atoms with Crippen molar-refractivity contribution in [3.63, 3.8) is 0 Å². The molecule has 2 rings (SSSR count). The summed E-state index contributed by atoms with van der Waals surface area (Å²) in [6, 6.07) is 0. The van der Waals surface area contributed by atoms with Crippen molar-refractivity contribution in [2.75, 3.05) is 20.2 Å². The molecule has 0 aromatic heterocycles. The summed E-state index contributed by atoms with van der Waals surface area (Å²) in [5, 5.41) is 0. The minimum Gasteiger partial charge on any atom is -0.378 e. The van der Waals surface area contributed by atoms with E-state index in [-0.39, 0.29) is 0 Å². The summed E-state index contributed by atoms with van der Waals surface area (Å²) in [7, 11) is 1.76. The lowest BCUT2D eigenvalue weighted by Crippen LogP contribution is -2.55. The quantitative estimate of drug-likeness (QED) is 0.636. The number of hydrogen-bond donors (Lipinski definition) is 2. The summed E-state index contributed by atoms with van der Waals surface area (Å²) in [4.78, 5) is 2.24. The van der Waals surface area contributed by atoms with Gasteiger partial charge in [0.1, 0.15) is 5.82 Å². The Morgan fingerprint density at radius 1 is 1.38 bits per heavy atom. The monoisotopic (exact) mass is 181 g/mol. The Morgan fingerprint density at radius 3 is 2.69 bits per heavy atom. The van der Waals surface area contributed by atoms with Gasteiger partial charge >= 0.3 is 0 Å². The molecule has 0 bridgehead atoms. The third kappa shape index (κ3) is 1.62. The molecule has 2 aliphatic rings. The average Bonchev–Trinajstić information content (AvgIpc) is 2.06. The van der Waals surface area contributed by atoms with Crippen molar-refractivity contribution in [1.29, 1.82) is 0 Å². The predicted octanol–water partition coefficient (Wildman–Crippen LogP) is 0.170. The highest BCUT2D eigenvalue weighted by molar-refractivity contribution is 5.19. The Balaban J connectivity index is 1.90. The van der Waals surface area contributed by atoms with Crippen molar-refractivity contribution in [3.05, 3.63) is 23.7 Å². The molecule has 0 radical (unpaired) electrons. The highest BCUT2D eigenvalue weighted by Gasteiger charge is 2.28. The highest BCUT2D eigenvalue weighted by atomic mass is 16.5. The molecule has 2 aliphatic heterocycles. The molecule has 72 valence electrons. The summed E-state index contributed by atoms with van der Waals surface area (Å²) in [6.07, 6.45) is 4.54. The molecule has 0 aromatic rings. The van der Waals surface area contributed by atoms with Crippen molar-refractivity contribution < 1.29 is 4.74 Å². The molecule has 0 spiro atoms. The van der Waals surface area contributed by atoms with Gasteiger partial charge in [-0.25, -0.2) is 0 Å². The van der Waals surface area contributed by atoms with Crippen LogP contribution in [-0.2, 0) is 4.74 Å². The molecule has 0 saturated carbocycles. The first kappa shape index (κ1) is 8.44. The predicted molar refractivity (Wildman–Crippen MR) is 50.5 cm³/mol. The van der Waals surface area contributed by atoms with Crippen LogP contribution in [0.2, 0.25) is 0 Å². The summed E-state index contributed by atoms with van der Waals surface area (Å²) in [5.41, 5.74) is 7.33. The first-order valence-electron chi connectivity index (χ1n) is 4.48. The Kier molecular flexibility index (Phi) is 2.14. The smallest absolute Gasteiger partial charge is 0.120 e. The Labute approximate surface area is 78.2 Å². The van der Waals surface area contributed by atoms with E-state index in [0.717, 1.165) is 24.6 Å². The zero-order valence-corrected chi connectivity index (χ0v) is 8.00. The third-order valence-electron chi connectivity index (χ3n) is 2.40. The average molecular weight is 181 g/mol. The molecule has 4 nitrogen and oxygen atoms in total. The number of likely N-dealkylation sites (tertiary alicyclic amines) is 1. The van der Waals surface area contributed by atoms with Crippen LogP contribution >= 0.6 is 0 Å². The van der Waals surface area contributed by atoms with E-state index in [0.29, 0.717) is 6.10 Å². The number of hydrazine groups is 1. The number of ether oxygens (including phenoxy) is 1. The van der Waals surface area contributed by atoms with Crippen molar-refractivity contribution in [2.45, 2.75) is 13.0 Å². The lowest BCUT2D eigenvalue weighted by Gasteiger charge is -2.42. The minimum atomic E-state index is 0.398. The fourth-order valence-electron chi connectivity index (χ4n) is 1.42. The van der Waals surface area contributed by atoms with Crippen LogP contribution < -0.4 is 10.9 Å². The van der Waals surface area contributed by atoms with Crippen molar-refractivity contribution >= 4 is 0 Å². The molecule has 0 aromatic carbocycles. The topological polar surface area (TPSA) is 36.5 Å². The lowest BCUT2D eigenvalue weighted by molar-refractivity contribution is -0.0158. The van der Waals surface area contributed by atoms with Crippen LogP contribution in [0.25, 0.3) is 0 Å². The maximum Gasteiger partial charge on any atom is 0.120 e. The maximum absolute atomic E-state index is 5.20. The third-order valence-corrected chi connectivity index (χ3v) is 2.40. The van der Waals surface area contributed by atoms with Crippen LogP contribution in [0.3, 0.4) is 0 Å². The second-order valence-electron chi connectivity index (χ2n) is 3.41. The van der Waals surface area contributed by atoms with Gasteiger partial charge in [0.2, 0.25) is 0 Å². The lowest BCUT2D eigenvalue weighted by atomic mass is 10.1. The van der Waals surface area contributed by atoms with Crippen LogP contribution in [0.15, 0.2) is 23.7 Å². The zero-order valence-electron chi connectivity index (χ0n) is 8.00. The van der Waals surface area contributed by atoms with Crippen LogP contribution in [0.4, 0.5) is 0 Å². The molecule has 4 heteroatoms. The summed E-state index contributed by atoms with van der Waals surface area (Å²) >= 11 is 0. The van der Waals surface area contributed by atoms with Gasteiger partial charge in [0.15, 0.2) is 0 Å². The molecule has 0 amide bonds. The van der Waals surface area contributed by atoms with E-state index in [1.54, 1.807) is 7.11 Å². The summed E-state index contributed by atoms with van der Waals surface area (Å²) in [6.45, 7) is 3.97. The summed E-state index contributed by atoms with van der Waals surface area (Å²) < 4.78 is 5.20. The second-order valence-corrected chi connectivity index (χ2v) is 3.41. The van der Waals surface area contributed by atoms with Crippen LogP contribution in [0.5, 0.6) is 0 Å². The number of nitrogens with one attached hydrogen (secondary N) is 2. The first-order chi connectivity index (χ1) is 6.29. The van der Waals surface area contributed by atoms with E-state index in [1.807, 2.05) is 6.92 Å². The largest absolute Gasteiger partial charge is 0.378 e. The normalized spacial score (nSPS) is 22.5. The molecule has 13 heavy (non-hydrogen) atoms. The summed E-state index contributed by atoms with van der Waals surface area (Å²) in [5.74, 6) is 1.12. The van der Waals surface area contributed by atoms with Gasteiger partial charge in [-0.3, -0.25) is 5.43 Å². The maximum atomic E-state index is 5.20. The van der Waals surface area contributed by atoms with Gasteiger partial charge < -0.3 is 15.1 Å². The number of rotatable bonds is 2. The van der Waals surface area contributed by atoms with Crippen molar-refractivity contribution in [1.82, 2.24) is 15.8 Å². The van der Waals surface area contributed by atoms with E-state index < -0.39 is 0 Å². The Morgan fingerprint density at radius 2 is 2.15 bits per heavy atom. The zero-order chi connectivity index (χ0) is 9.26. The molecule has 0 atom stereocenters. The van der Waals surface area contributed by atoms with Gasteiger partial charge in [-0.15, -0.1) is 0 Å². The molecule has 0 unspecified atom stereocenters. The molecule has 1 fully saturated rings. The van der Waals surface area contributed by atoms with Crippen molar-refractivity contribution in [3.8, 4) is 0 Å². The van der Waals surface area contributed by atoms with E-state index in [1.165, 1.54) is 0 Å². The fraction of sp³-hybridized carbons (Fsp3) is 0.556. The highest BCUT2D eigenvalue weighted by Crippen LogP contribution is 2.16. The number of hydrogen-bond acceptors (Lipinski definition) is 4. The van der Waals surface area contributed by atoms with Crippen LogP contribution in [0.1, 0.15) is 6.92 Å². The molecular weight excluding hydrogens is 166 g/mol. The van der Waals surface area contributed by atoms with Crippen LogP contribution in [0, 0.1) is 0 Å². The van der Waals surface area contributed by atoms with E-state index in [2.05, 4.69) is 27.9 Å². The molecule has 0 aliphatic carbocycles. The minimum absolute atomic E-state index is 0.398. The van der Waals surface area contributed by atoms with E-state index in [4.69, 9.17) is 4.74 Å². The molecule has 2 heterocycles. The number of allylic oxidation sites excluding steroid dienone is 3. The number of methoxy groups -OCH3 is 1. The first-order valence-corrected chi connectivity index (χ1v) is 4.48. The van der Waals surface area contributed by atoms with Crippen LogP contribution in [-0.4, -0.2) is 31.2 Å². The molecule has 2 N–H and O–H groups in total. The Hall–Kier alpha value is -1.16. The SMILES string of the molecule is COC1CN(C2=CC=C(C)NN2)C1. The number of nitrogens with zero attached hydrogens (tertiary/aromatic N) is 1. The standard InChI is InChI=1S/C9H15N3O/c1-7-3-4-9(11-10-7)12-5-8(6-12)13-2/h3-4,8,10-11H,5-6H2,1-2H3. The van der Waals surface area contributed by atoms with Gasteiger partial charge in [0.25, 0.3) is 0 Å². The molecule has 1 saturated heterocycles. The second kappa shape index (κ2) is 3.30. The van der Waals surface area contributed by atoms with E-state index in [9.17, 15) is 0 Å². The van der Waals surface area contributed by atoms with Gasteiger partial charge in [-0.05, 0) is 19.1 Å². The van der Waals surface area contributed by atoms with E-state index >= 15 is 0 Å². The van der Waals surface area contributed by atoms with Gasteiger partial charge in [-0.2, -0.15) is 0 Å².